The highest BCUT2D eigenvalue weighted by molar-refractivity contribution is 7.80. The van der Waals surface area contributed by atoms with E-state index in [1.54, 1.807) is 14.7 Å². The number of rotatable bonds is 21. The minimum atomic E-state index is -4.82. The van der Waals surface area contributed by atoms with E-state index in [9.17, 15) is 37.2 Å². The van der Waals surface area contributed by atoms with Gasteiger partial charge in [0.15, 0.2) is 0 Å². The van der Waals surface area contributed by atoms with Gasteiger partial charge in [0.1, 0.15) is 29.9 Å². The number of ether oxygens (including phenoxy) is 2. The Morgan fingerprint density at radius 3 is 1.33 bits per heavy atom. The van der Waals surface area contributed by atoms with Gasteiger partial charge in [-0.05, 0) is 161 Å². The summed E-state index contributed by atoms with van der Waals surface area (Å²) in [6.07, 6.45) is 19.8. The molecule has 2 spiro atoms. The van der Waals surface area contributed by atoms with E-state index in [2.05, 4.69) is 42.6 Å². The Morgan fingerprint density at radius 1 is 0.593 bits per heavy atom. The molecule has 2 saturated carbocycles. The number of fused-ring (bicyclic) bond motifs is 4. The fourth-order valence-corrected chi connectivity index (χ4v) is 14.5. The molecule has 6 saturated heterocycles. The molecule has 1 aromatic rings. The van der Waals surface area contributed by atoms with Crippen LogP contribution in [0, 0.1) is 10.8 Å². The molecular weight excluding hydrogens is 1120 g/mol. The molecule has 4 bridgehead atoms. The number of carbonyl (C=O) groups is 6. The maximum absolute atomic E-state index is 13.1. The van der Waals surface area contributed by atoms with Crippen molar-refractivity contribution in [3.05, 3.63) is 35.9 Å². The summed E-state index contributed by atoms with van der Waals surface area (Å²) in [5.74, 6) is -0.320. The largest absolute Gasteiger partial charge is 0.444 e. The Kier molecular flexibility index (Phi) is 23.6. The van der Waals surface area contributed by atoms with Crippen LogP contribution in [0.15, 0.2) is 30.3 Å². The number of likely N-dealkylation sites (tertiary alicyclic amines) is 2. The predicted molar refractivity (Wildman–Crippen MR) is 326 cm³/mol. The molecule has 8 aliphatic rings. The first-order valence-corrected chi connectivity index (χ1v) is 33.9. The zero-order chi connectivity index (χ0) is 62.7. The summed E-state index contributed by atoms with van der Waals surface area (Å²) in [7, 11) is -4.82. The molecule has 0 radical (unpaired) electrons. The van der Waals surface area contributed by atoms with Crippen LogP contribution in [0.2, 0.25) is 0 Å². The van der Waals surface area contributed by atoms with Crippen LogP contribution in [-0.4, -0.2) is 196 Å². The van der Waals surface area contributed by atoms with Crippen LogP contribution < -0.4 is 10.6 Å². The van der Waals surface area contributed by atoms with Gasteiger partial charge in [-0.1, -0.05) is 83.7 Å². The van der Waals surface area contributed by atoms with E-state index in [0.717, 1.165) is 63.4 Å². The Labute approximate surface area is 513 Å². The summed E-state index contributed by atoms with van der Waals surface area (Å²) in [5.41, 5.74) is 0.298. The second kappa shape index (κ2) is 29.6. The third kappa shape index (κ3) is 18.6. The van der Waals surface area contributed by atoms with Gasteiger partial charge in [0.2, 0.25) is 11.8 Å². The number of hydrogen-bond acceptors (Lipinski definition) is 12. The highest BCUT2D eigenvalue weighted by Gasteiger charge is 2.53. The first-order chi connectivity index (χ1) is 40.6. The Hall–Kier alpha value is -4.97. The van der Waals surface area contributed by atoms with Gasteiger partial charge in [0, 0.05) is 51.4 Å². The number of benzene rings is 1. The summed E-state index contributed by atoms with van der Waals surface area (Å²) in [6.45, 7) is 29.9. The molecule has 9 rings (SSSR count). The van der Waals surface area contributed by atoms with E-state index >= 15 is 0 Å². The van der Waals surface area contributed by atoms with Gasteiger partial charge in [-0.2, -0.15) is 18.5 Å². The maximum Gasteiger partial charge on any atom is 0.418 e. The number of unbranched alkanes of at least 4 members (excludes halogenated alkanes) is 4. The lowest BCUT2D eigenvalue weighted by molar-refractivity contribution is -0.929. The summed E-state index contributed by atoms with van der Waals surface area (Å²) < 4.78 is 47.7. The third-order valence-corrected chi connectivity index (χ3v) is 19.3. The number of hydrogen-bond donors (Lipinski definition) is 3. The zero-order valence-electron chi connectivity index (χ0n) is 53.7. The van der Waals surface area contributed by atoms with Crippen molar-refractivity contribution in [3.63, 3.8) is 0 Å². The van der Waals surface area contributed by atoms with E-state index in [-0.39, 0.29) is 65.5 Å². The zero-order valence-corrected chi connectivity index (χ0v) is 54.5. The molecule has 86 heavy (non-hydrogen) atoms. The number of piperidine rings is 4. The molecule has 486 valence electrons. The number of amides is 8. The second-order valence-corrected chi connectivity index (χ2v) is 29.1. The van der Waals surface area contributed by atoms with E-state index < -0.39 is 45.8 Å². The number of nitrogens with zero attached hydrogens (tertiary/aromatic N) is 7. The number of hydroxylamine groups is 4. The topological polar surface area (TPSA) is 237 Å². The Balaban J connectivity index is 0.000000197. The van der Waals surface area contributed by atoms with Crippen LogP contribution in [0.1, 0.15) is 203 Å². The lowest BCUT2D eigenvalue weighted by Crippen LogP contribution is -2.59. The van der Waals surface area contributed by atoms with Gasteiger partial charge >= 0.3 is 34.6 Å². The van der Waals surface area contributed by atoms with Crippen LogP contribution >= 0.6 is 0 Å². The maximum atomic E-state index is 13.1. The molecule has 6 heterocycles. The number of nitrogens with one attached hydrogen (secondary N) is 2. The lowest BCUT2D eigenvalue weighted by atomic mass is 9.60. The van der Waals surface area contributed by atoms with Crippen LogP contribution in [0.3, 0.4) is 0 Å². The summed E-state index contributed by atoms with van der Waals surface area (Å²) in [5, 5.41) is 8.33. The summed E-state index contributed by atoms with van der Waals surface area (Å²) >= 11 is 0. The highest BCUT2D eigenvalue weighted by Crippen LogP contribution is 2.51. The molecule has 8 fully saturated rings. The van der Waals surface area contributed by atoms with Crippen molar-refractivity contribution in [1.82, 2.24) is 40.4 Å². The van der Waals surface area contributed by atoms with Gasteiger partial charge in [-0.3, -0.25) is 19.0 Å². The fourth-order valence-electron chi connectivity index (χ4n) is 14.1. The minimum absolute atomic E-state index is 0.00572. The first-order valence-electron chi connectivity index (χ1n) is 32.6. The normalized spacial score (nSPS) is 23.7. The fraction of sp³-hybridized carbons (Fsp3) is 0.810. The van der Waals surface area contributed by atoms with Gasteiger partial charge in [-0.15, -0.1) is 4.28 Å². The molecular formula is C63H106N9O13S+. The lowest BCUT2D eigenvalue weighted by Gasteiger charge is -2.52. The molecule has 8 amide bonds. The van der Waals surface area contributed by atoms with Gasteiger partial charge in [0.05, 0.1) is 38.3 Å². The van der Waals surface area contributed by atoms with Crippen LogP contribution in [-0.2, 0) is 45.2 Å². The third-order valence-electron chi connectivity index (χ3n) is 18.9. The van der Waals surface area contributed by atoms with E-state index in [1.807, 2.05) is 71.9 Å². The average Bonchev–Trinajstić information content (AvgIpc) is 1.28. The standard InChI is InChI=1S/C27H38N4O5.C20H32N4O8S.C16H36N/c1-26(2,3)36-25(34)29-13-11-27(12-14-29)15-20(16-27)28-23(32)22-10-9-21-17-30(22)24(33)31(21)35-18-19-7-5-4-6-8-19;1-19(2,3)31-18(27)22-8-6-20(7-9-22)10-13(11-20)21-16(25)15-5-4-14-12-23(15)17(26)24(14)32-33(28,29)30;1-5-9-13-17(14-10-6-2,15-11-7-3)16-12-8-4/h4-8,20-22H,9-18H2,1-3H3,(H,28,32);13-15H,4-12H2,1-3H3,(H,21,25)(H,28,29,30);5-16H2,1-4H3/q;;+1/t21-,22+;14-,15+;/m11./s1. The molecule has 4 atom stereocenters. The molecule has 1 aromatic carbocycles. The van der Waals surface area contributed by atoms with Crippen molar-refractivity contribution in [2.75, 3.05) is 65.4 Å². The minimum Gasteiger partial charge on any atom is -0.444 e. The van der Waals surface area contributed by atoms with Crippen molar-refractivity contribution in [3.8, 4) is 0 Å². The van der Waals surface area contributed by atoms with E-state index in [4.69, 9.17) is 18.9 Å². The van der Waals surface area contributed by atoms with Crippen molar-refractivity contribution in [2.45, 2.75) is 252 Å². The summed E-state index contributed by atoms with van der Waals surface area (Å²) in [4.78, 5) is 88.5. The molecule has 22 nitrogen and oxygen atoms in total. The molecule has 0 aromatic heterocycles. The summed E-state index contributed by atoms with van der Waals surface area (Å²) in [6, 6.07) is 7.29. The molecule has 23 heteroatoms. The number of quaternary nitrogens is 1. The van der Waals surface area contributed by atoms with Crippen molar-refractivity contribution in [2.24, 2.45) is 10.8 Å². The van der Waals surface area contributed by atoms with Crippen molar-refractivity contribution < 1.29 is 64.8 Å². The molecule has 2 aliphatic carbocycles. The highest BCUT2D eigenvalue weighted by atomic mass is 32.3. The second-order valence-electron chi connectivity index (χ2n) is 28.1. The van der Waals surface area contributed by atoms with Crippen LogP contribution in [0.4, 0.5) is 19.2 Å². The van der Waals surface area contributed by atoms with E-state index in [1.165, 1.54) is 92.0 Å². The SMILES string of the molecule is CC(C)(C)OC(=O)N1CCC2(CC1)CC(NC(=O)[C@@H]1CC[C@@H]3CN1C(=O)N3OCc1ccccc1)C2.CC(C)(C)OC(=O)N1CCC2(CC1)CC(NC(=O)[C@@H]1CC[C@@H]3CN1C(=O)N3OS(=O)(=O)O)C2.CCCC[N+](CCCC)(CCCC)CCCC. The first kappa shape index (κ1) is 68.5. The molecule has 3 N–H and O–H groups in total. The smallest absolute Gasteiger partial charge is 0.418 e. The Bertz CT molecular complexity index is 2490. The van der Waals surface area contributed by atoms with Crippen molar-refractivity contribution in [1.29, 1.82) is 0 Å². The predicted octanol–water partition coefficient (Wildman–Crippen LogP) is 9.97. The monoisotopic (exact) mass is 1230 g/mol. The van der Waals surface area contributed by atoms with Gasteiger partial charge in [0.25, 0.3) is 0 Å². The number of carbonyl (C=O) groups excluding carboxylic acids is 6. The quantitative estimate of drug-likeness (QED) is 0.0768. The van der Waals surface area contributed by atoms with Crippen molar-refractivity contribution >= 4 is 46.5 Å². The van der Waals surface area contributed by atoms with Crippen LogP contribution in [0.25, 0.3) is 0 Å². The van der Waals surface area contributed by atoms with Gasteiger partial charge in [-0.25, -0.2) is 19.2 Å². The molecule has 6 aliphatic heterocycles. The molecule has 0 unspecified atom stereocenters. The number of urea groups is 2. The average molecular weight is 1230 g/mol. The van der Waals surface area contributed by atoms with E-state index in [0.29, 0.717) is 63.7 Å². The Morgan fingerprint density at radius 2 is 0.965 bits per heavy atom. The van der Waals surface area contributed by atoms with Crippen LogP contribution in [0.5, 0.6) is 0 Å². The van der Waals surface area contributed by atoms with Gasteiger partial charge < -0.3 is 44.2 Å².